The van der Waals surface area contributed by atoms with Gasteiger partial charge in [-0.2, -0.15) is 0 Å². The maximum atomic E-state index is 12.4. The molecule has 6 nitrogen and oxygen atoms in total. The number of rotatable bonds is 13. The predicted octanol–water partition coefficient (Wildman–Crippen LogP) is 5.45. The average molecular weight is 483 g/mol. The van der Waals surface area contributed by atoms with Crippen LogP contribution in [0, 0.1) is 0 Å². The third-order valence-electron chi connectivity index (χ3n) is 5.05. The Balaban J connectivity index is 1.42. The van der Waals surface area contributed by atoms with Crippen molar-refractivity contribution in [2.24, 2.45) is 0 Å². The number of ether oxygens (including phenoxy) is 3. The largest absolute Gasteiger partial charge is 0.493 e. The van der Waals surface area contributed by atoms with E-state index in [0.29, 0.717) is 59.5 Å². The molecule has 1 N–H and O–H groups in total. The van der Waals surface area contributed by atoms with Crippen molar-refractivity contribution in [1.82, 2.24) is 0 Å². The van der Waals surface area contributed by atoms with Crippen LogP contribution in [0.4, 0.5) is 0 Å². The minimum atomic E-state index is -1.02. The van der Waals surface area contributed by atoms with E-state index in [2.05, 4.69) is 0 Å². The summed E-state index contributed by atoms with van der Waals surface area (Å²) >= 11 is 6.30. The van der Waals surface area contributed by atoms with Crippen LogP contribution in [0.25, 0.3) is 0 Å². The number of hydrogen-bond acceptors (Lipinski definition) is 5. The molecule has 7 heteroatoms. The molecule has 0 aliphatic heterocycles. The van der Waals surface area contributed by atoms with Crippen LogP contribution < -0.4 is 9.47 Å². The van der Waals surface area contributed by atoms with Crippen molar-refractivity contribution in [1.29, 1.82) is 0 Å². The van der Waals surface area contributed by atoms with Crippen LogP contribution in [0.3, 0.4) is 0 Å². The molecule has 1 atom stereocenters. The summed E-state index contributed by atoms with van der Waals surface area (Å²) in [6.07, 6.45) is -0.0987. The number of carboxylic acid groups (broad SMARTS) is 1. The van der Waals surface area contributed by atoms with Gasteiger partial charge in [-0.25, -0.2) is 4.79 Å². The molecular formula is C27H27ClO6. The third-order valence-corrected chi connectivity index (χ3v) is 5.40. The first kappa shape index (κ1) is 25.3. The molecular weight excluding hydrogens is 456 g/mol. The molecule has 0 saturated carbocycles. The molecule has 0 radical (unpaired) electrons. The van der Waals surface area contributed by atoms with Gasteiger partial charge in [-0.1, -0.05) is 48.0 Å². The third kappa shape index (κ3) is 7.33. The summed E-state index contributed by atoms with van der Waals surface area (Å²) in [5.74, 6) is 0.234. The smallest absolute Gasteiger partial charge is 0.333 e. The van der Waals surface area contributed by atoms with Crippen molar-refractivity contribution in [3.63, 3.8) is 0 Å². The molecule has 0 aliphatic carbocycles. The summed E-state index contributed by atoms with van der Waals surface area (Å²) in [6, 6.07) is 21.4. The Kier molecular flexibility index (Phi) is 9.50. The SMILES string of the molecule is CCO[C@@H](Cc1ccc(OCCCOc2ccc(C(=O)c3ccccc3)cc2)cc1Cl)C(=O)O. The number of ketones is 1. The number of carbonyl (C=O) groups is 2. The Hall–Kier alpha value is -3.35. The number of hydrogen-bond donors (Lipinski definition) is 1. The molecule has 3 aromatic carbocycles. The van der Waals surface area contributed by atoms with Crippen LogP contribution in [-0.4, -0.2) is 42.8 Å². The van der Waals surface area contributed by atoms with E-state index < -0.39 is 12.1 Å². The molecule has 0 fully saturated rings. The zero-order valence-electron chi connectivity index (χ0n) is 18.9. The van der Waals surface area contributed by atoms with Crippen molar-refractivity contribution in [3.8, 4) is 11.5 Å². The molecule has 0 amide bonds. The summed E-state index contributed by atoms with van der Waals surface area (Å²) in [6.45, 7) is 2.94. The summed E-state index contributed by atoms with van der Waals surface area (Å²) in [4.78, 5) is 23.7. The molecule has 0 saturated heterocycles. The second kappa shape index (κ2) is 12.8. The molecule has 34 heavy (non-hydrogen) atoms. The van der Waals surface area contributed by atoms with Crippen LogP contribution in [-0.2, 0) is 16.0 Å². The lowest BCUT2D eigenvalue weighted by Crippen LogP contribution is -2.26. The first-order chi connectivity index (χ1) is 16.5. The van der Waals surface area contributed by atoms with E-state index in [0.717, 1.165) is 0 Å². The molecule has 3 aromatic rings. The standard InChI is InChI=1S/C27H27ClO6/c1-2-32-25(27(30)31)17-21-11-14-23(18-24(21)28)34-16-6-15-33-22-12-9-20(10-13-22)26(29)19-7-4-3-5-8-19/h3-5,7-14,18,25H,2,6,15-17H2,1H3,(H,30,31)/t25-/m0/s1. The highest BCUT2D eigenvalue weighted by atomic mass is 35.5. The fraction of sp³-hybridized carbons (Fsp3) is 0.259. The van der Waals surface area contributed by atoms with Crippen molar-refractivity contribution in [3.05, 3.63) is 94.5 Å². The lowest BCUT2D eigenvalue weighted by Gasteiger charge is -2.14. The lowest BCUT2D eigenvalue weighted by atomic mass is 10.0. The normalized spacial score (nSPS) is 11.6. The molecule has 0 aliphatic rings. The maximum Gasteiger partial charge on any atom is 0.333 e. The van der Waals surface area contributed by atoms with Gasteiger partial charge in [0.05, 0.1) is 13.2 Å². The van der Waals surface area contributed by atoms with Gasteiger partial charge in [0.1, 0.15) is 11.5 Å². The molecule has 0 aromatic heterocycles. The number of aliphatic carboxylic acids is 1. The molecule has 0 spiro atoms. The Morgan fingerprint density at radius 2 is 1.50 bits per heavy atom. The Labute approximate surface area is 204 Å². The van der Waals surface area contributed by atoms with Crippen LogP contribution >= 0.6 is 11.6 Å². The predicted molar refractivity (Wildman–Crippen MR) is 130 cm³/mol. The van der Waals surface area contributed by atoms with E-state index >= 15 is 0 Å². The zero-order chi connectivity index (χ0) is 24.3. The van der Waals surface area contributed by atoms with Crippen LogP contribution in [0.2, 0.25) is 5.02 Å². The first-order valence-electron chi connectivity index (χ1n) is 11.1. The van der Waals surface area contributed by atoms with E-state index in [9.17, 15) is 14.7 Å². The number of halogens is 1. The van der Waals surface area contributed by atoms with Crippen molar-refractivity contribution in [2.75, 3.05) is 19.8 Å². The highest BCUT2D eigenvalue weighted by Crippen LogP contribution is 2.24. The van der Waals surface area contributed by atoms with Crippen molar-refractivity contribution in [2.45, 2.75) is 25.9 Å². The van der Waals surface area contributed by atoms with E-state index in [-0.39, 0.29) is 12.2 Å². The number of carboxylic acids is 1. The van der Waals surface area contributed by atoms with Gasteiger partial charge >= 0.3 is 5.97 Å². The average Bonchev–Trinajstić information content (AvgIpc) is 2.85. The van der Waals surface area contributed by atoms with E-state index in [1.807, 2.05) is 18.2 Å². The zero-order valence-corrected chi connectivity index (χ0v) is 19.7. The summed E-state index contributed by atoms with van der Waals surface area (Å²) < 4.78 is 16.7. The van der Waals surface area contributed by atoms with Crippen molar-refractivity contribution < 1.29 is 28.9 Å². The van der Waals surface area contributed by atoms with Gasteiger partial charge < -0.3 is 19.3 Å². The lowest BCUT2D eigenvalue weighted by molar-refractivity contribution is -0.149. The van der Waals surface area contributed by atoms with Crippen LogP contribution in [0.1, 0.15) is 34.8 Å². The van der Waals surface area contributed by atoms with Gasteiger partial charge in [0.2, 0.25) is 0 Å². The fourth-order valence-corrected chi connectivity index (χ4v) is 3.55. The van der Waals surface area contributed by atoms with E-state index in [1.165, 1.54) is 0 Å². The second-order valence-corrected chi connectivity index (χ2v) is 7.92. The monoisotopic (exact) mass is 482 g/mol. The summed E-state index contributed by atoms with van der Waals surface area (Å²) in [5, 5.41) is 9.66. The van der Waals surface area contributed by atoms with Gasteiger partial charge in [0.25, 0.3) is 0 Å². The Morgan fingerprint density at radius 1 is 0.882 bits per heavy atom. The first-order valence-corrected chi connectivity index (χ1v) is 11.4. The minimum absolute atomic E-state index is 0.0263. The molecule has 0 unspecified atom stereocenters. The molecule has 0 heterocycles. The quantitative estimate of drug-likeness (QED) is 0.257. The van der Waals surface area contributed by atoms with Gasteiger partial charge in [0, 0.05) is 35.6 Å². The Morgan fingerprint density at radius 3 is 2.12 bits per heavy atom. The highest BCUT2D eigenvalue weighted by Gasteiger charge is 2.19. The van der Waals surface area contributed by atoms with Gasteiger partial charge in [0.15, 0.2) is 11.9 Å². The molecule has 178 valence electrons. The number of carbonyl (C=O) groups excluding carboxylic acids is 1. The maximum absolute atomic E-state index is 12.4. The van der Waals surface area contributed by atoms with Crippen molar-refractivity contribution >= 4 is 23.4 Å². The number of benzene rings is 3. The highest BCUT2D eigenvalue weighted by molar-refractivity contribution is 6.31. The van der Waals surface area contributed by atoms with Gasteiger partial charge in [-0.05, 0) is 48.9 Å². The second-order valence-electron chi connectivity index (χ2n) is 7.51. The van der Waals surface area contributed by atoms with E-state index in [4.69, 9.17) is 25.8 Å². The van der Waals surface area contributed by atoms with Crippen LogP contribution in [0.15, 0.2) is 72.8 Å². The molecule has 0 bridgehead atoms. The summed E-state index contributed by atoms with van der Waals surface area (Å²) in [7, 11) is 0. The van der Waals surface area contributed by atoms with Gasteiger partial charge in [-0.15, -0.1) is 0 Å². The van der Waals surface area contributed by atoms with E-state index in [1.54, 1.807) is 61.5 Å². The molecule has 3 rings (SSSR count). The topological polar surface area (TPSA) is 82.1 Å². The van der Waals surface area contributed by atoms with Crippen LogP contribution in [0.5, 0.6) is 11.5 Å². The fourth-order valence-electron chi connectivity index (χ4n) is 3.30. The summed E-state index contributed by atoms with van der Waals surface area (Å²) in [5.41, 5.74) is 1.95. The Bertz CT molecular complexity index is 1080. The minimum Gasteiger partial charge on any atom is -0.493 e. The van der Waals surface area contributed by atoms with Gasteiger partial charge in [-0.3, -0.25) is 4.79 Å².